The molecule has 3 heterocycles. The predicted molar refractivity (Wildman–Crippen MR) is 98.0 cm³/mol. The van der Waals surface area contributed by atoms with E-state index in [0.717, 1.165) is 36.3 Å². The fraction of sp³-hybridized carbons (Fsp3) is 0.500. The molecule has 0 aliphatic carbocycles. The second-order valence-corrected chi connectivity index (χ2v) is 7.32. The molecule has 2 aliphatic rings. The van der Waals surface area contributed by atoms with Crippen LogP contribution in [-0.4, -0.2) is 57.2 Å². The minimum Gasteiger partial charge on any atom is -0.333 e. The molecule has 0 bridgehead atoms. The van der Waals surface area contributed by atoms with Crippen LogP contribution in [0.5, 0.6) is 0 Å². The van der Waals surface area contributed by atoms with E-state index in [1.165, 1.54) is 19.4 Å². The van der Waals surface area contributed by atoms with Crippen molar-refractivity contribution in [3.63, 3.8) is 0 Å². The van der Waals surface area contributed by atoms with Crippen LogP contribution in [0.15, 0.2) is 36.7 Å². The standard InChI is InChI=1S/C20H26N4O/c1-3-17-13-22-10-4-5-19(22)14-23(17)20(25)16-6-8-18(9-7-16)24-12-15(2)11-21-24/h6-9,11-12,17,19H,3-5,10,13-14H2,1-2H3. The monoisotopic (exact) mass is 338 g/mol. The molecule has 2 unspecified atom stereocenters. The fourth-order valence-electron chi connectivity index (χ4n) is 4.16. The number of benzene rings is 1. The number of amides is 1. The third kappa shape index (κ3) is 3.09. The number of hydrogen-bond donors (Lipinski definition) is 0. The summed E-state index contributed by atoms with van der Waals surface area (Å²) in [4.78, 5) is 17.8. The number of rotatable bonds is 3. The molecule has 0 N–H and O–H groups in total. The molecule has 2 fully saturated rings. The summed E-state index contributed by atoms with van der Waals surface area (Å²) in [5, 5.41) is 4.33. The van der Waals surface area contributed by atoms with Crippen LogP contribution < -0.4 is 0 Å². The lowest BCUT2D eigenvalue weighted by Gasteiger charge is -2.43. The van der Waals surface area contributed by atoms with Crippen LogP contribution >= 0.6 is 0 Å². The minimum atomic E-state index is 0.168. The smallest absolute Gasteiger partial charge is 0.254 e. The lowest BCUT2D eigenvalue weighted by Crippen LogP contribution is -2.57. The van der Waals surface area contributed by atoms with Crippen molar-refractivity contribution in [1.82, 2.24) is 19.6 Å². The van der Waals surface area contributed by atoms with Crippen LogP contribution in [0.25, 0.3) is 5.69 Å². The number of hydrogen-bond acceptors (Lipinski definition) is 3. The molecule has 1 aromatic heterocycles. The summed E-state index contributed by atoms with van der Waals surface area (Å²) in [5.74, 6) is 0.168. The van der Waals surface area contributed by atoms with E-state index in [2.05, 4.69) is 21.8 Å². The van der Waals surface area contributed by atoms with Gasteiger partial charge < -0.3 is 4.90 Å². The average molecular weight is 338 g/mol. The average Bonchev–Trinajstić information content (AvgIpc) is 3.28. The highest BCUT2D eigenvalue weighted by atomic mass is 16.2. The molecule has 2 atom stereocenters. The molecule has 0 spiro atoms. The SMILES string of the molecule is CCC1CN2CCCC2CN1C(=O)c1ccc(-n2cc(C)cn2)cc1. The Morgan fingerprint density at radius 3 is 2.72 bits per heavy atom. The Morgan fingerprint density at radius 2 is 2.04 bits per heavy atom. The summed E-state index contributed by atoms with van der Waals surface area (Å²) in [5.41, 5.74) is 2.88. The number of fused-ring (bicyclic) bond motifs is 1. The Hall–Kier alpha value is -2.14. The van der Waals surface area contributed by atoms with Crippen molar-refractivity contribution >= 4 is 5.91 Å². The number of nitrogens with zero attached hydrogens (tertiary/aromatic N) is 4. The third-order valence-corrected chi connectivity index (χ3v) is 5.62. The van der Waals surface area contributed by atoms with Crippen molar-refractivity contribution in [2.45, 2.75) is 45.2 Å². The second kappa shape index (κ2) is 6.64. The molecule has 132 valence electrons. The normalized spacial score (nSPS) is 23.7. The van der Waals surface area contributed by atoms with E-state index >= 15 is 0 Å². The Labute approximate surface area is 149 Å². The minimum absolute atomic E-state index is 0.168. The zero-order chi connectivity index (χ0) is 17.4. The van der Waals surface area contributed by atoms with E-state index in [1.54, 1.807) is 0 Å². The zero-order valence-electron chi connectivity index (χ0n) is 15.1. The molecule has 2 aliphatic heterocycles. The molecule has 1 amide bonds. The van der Waals surface area contributed by atoms with Gasteiger partial charge in [-0.15, -0.1) is 0 Å². The van der Waals surface area contributed by atoms with Gasteiger partial charge in [-0.1, -0.05) is 6.92 Å². The maximum absolute atomic E-state index is 13.1. The molecule has 5 heteroatoms. The molecule has 25 heavy (non-hydrogen) atoms. The van der Waals surface area contributed by atoms with Crippen LogP contribution in [-0.2, 0) is 0 Å². The van der Waals surface area contributed by atoms with E-state index in [0.29, 0.717) is 12.1 Å². The molecule has 1 aromatic carbocycles. The largest absolute Gasteiger partial charge is 0.333 e. The lowest BCUT2D eigenvalue weighted by atomic mass is 10.0. The third-order valence-electron chi connectivity index (χ3n) is 5.62. The van der Waals surface area contributed by atoms with Crippen molar-refractivity contribution in [2.24, 2.45) is 0 Å². The highest BCUT2D eigenvalue weighted by Crippen LogP contribution is 2.27. The first-order valence-electron chi connectivity index (χ1n) is 9.32. The van der Waals surface area contributed by atoms with Gasteiger partial charge in [0.1, 0.15) is 0 Å². The van der Waals surface area contributed by atoms with Gasteiger partial charge in [-0.05, 0) is 62.6 Å². The number of carbonyl (C=O) groups is 1. The molecular formula is C20H26N4O. The quantitative estimate of drug-likeness (QED) is 0.864. The van der Waals surface area contributed by atoms with E-state index < -0.39 is 0 Å². The van der Waals surface area contributed by atoms with E-state index in [9.17, 15) is 4.79 Å². The van der Waals surface area contributed by atoms with E-state index in [4.69, 9.17) is 0 Å². The molecule has 2 saturated heterocycles. The van der Waals surface area contributed by atoms with Crippen LogP contribution in [0.4, 0.5) is 0 Å². The van der Waals surface area contributed by atoms with Gasteiger partial charge in [-0.3, -0.25) is 9.69 Å². The number of carbonyl (C=O) groups excluding carboxylic acids is 1. The number of aryl methyl sites for hydroxylation is 1. The summed E-state index contributed by atoms with van der Waals surface area (Å²) in [6.45, 7) is 7.30. The van der Waals surface area contributed by atoms with Gasteiger partial charge >= 0.3 is 0 Å². The topological polar surface area (TPSA) is 41.4 Å². The Balaban J connectivity index is 1.53. The second-order valence-electron chi connectivity index (χ2n) is 7.32. The summed E-state index contributed by atoms with van der Waals surface area (Å²) >= 11 is 0. The van der Waals surface area contributed by atoms with Gasteiger partial charge in [-0.2, -0.15) is 5.10 Å². The molecule has 0 radical (unpaired) electrons. The van der Waals surface area contributed by atoms with Gasteiger partial charge in [0.15, 0.2) is 0 Å². The van der Waals surface area contributed by atoms with Crippen molar-refractivity contribution in [1.29, 1.82) is 0 Å². The van der Waals surface area contributed by atoms with Crippen molar-refractivity contribution in [3.8, 4) is 5.69 Å². The number of aromatic nitrogens is 2. The molecule has 0 saturated carbocycles. The first-order valence-corrected chi connectivity index (χ1v) is 9.32. The summed E-state index contributed by atoms with van der Waals surface area (Å²) in [6.07, 6.45) is 7.33. The highest BCUT2D eigenvalue weighted by Gasteiger charge is 2.37. The van der Waals surface area contributed by atoms with Gasteiger partial charge in [-0.25, -0.2) is 4.68 Å². The summed E-state index contributed by atoms with van der Waals surface area (Å²) in [6, 6.07) is 8.71. The van der Waals surface area contributed by atoms with Crippen LogP contribution in [0.2, 0.25) is 0 Å². The Morgan fingerprint density at radius 1 is 1.24 bits per heavy atom. The van der Waals surface area contributed by atoms with Gasteiger partial charge in [0.25, 0.3) is 5.91 Å². The van der Waals surface area contributed by atoms with Gasteiger partial charge in [0.2, 0.25) is 0 Å². The van der Waals surface area contributed by atoms with Gasteiger partial charge in [0.05, 0.1) is 11.9 Å². The molecule has 4 rings (SSSR count). The summed E-state index contributed by atoms with van der Waals surface area (Å²) < 4.78 is 1.84. The van der Waals surface area contributed by atoms with Crippen LogP contribution in [0, 0.1) is 6.92 Å². The van der Waals surface area contributed by atoms with Crippen LogP contribution in [0.3, 0.4) is 0 Å². The maximum atomic E-state index is 13.1. The van der Waals surface area contributed by atoms with Crippen molar-refractivity contribution in [2.75, 3.05) is 19.6 Å². The van der Waals surface area contributed by atoms with Crippen molar-refractivity contribution in [3.05, 3.63) is 47.8 Å². The Bertz CT molecular complexity index is 751. The molecular weight excluding hydrogens is 312 g/mol. The van der Waals surface area contributed by atoms with Crippen molar-refractivity contribution < 1.29 is 4.79 Å². The predicted octanol–water partition coefficient (Wildman–Crippen LogP) is 2.88. The zero-order valence-corrected chi connectivity index (χ0v) is 15.1. The first-order chi connectivity index (χ1) is 12.2. The lowest BCUT2D eigenvalue weighted by molar-refractivity contribution is 0.0345. The maximum Gasteiger partial charge on any atom is 0.254 e. The first kappa shape index (κ1) is 16.3. The van der Waals surface area contributed by atoms with Gasteiger partial charge in [0, 0.05) is 36.9 Å². The van der Waals surface area contributed by atoms with E-state index in [-0.39, 0.29) is 5.91 Å². The Kier molecular flexibility index (Phi) is 4.34. The molecule has 2 aromatic rings. The summed E-state index contributed by atoms with van der Waals surface area (Å²) in [7, 11) is 0. The highest BCUT2D eigenvalue weighted by molar-refractivity contribution is 5.94. The molecule has 5 nitrogen and oxygen atoms in total. The fourth-order valence-corrected chi connectivity index (χ4v) is 4.16. The van der Waals surface area contributed by atoms with E-state index in [1.807, 2.05) is 48.3 Å². The van der Waals surface area contributed by atoms with Crippen LogP contribution in [0.1, 0.15) is 42.1 Å². The number of piperazine rings is 1.